The summed E-state index contributed by atoms with van der Waals surface area (Å²) in [4.78, 5) is 23.0. The summed E-state index contributed by atoms with van der Waals surface area (Å²) in [6, 6.07) is -0.683. The third-order valence-electron chi connectivity index (χ3n) is 3.35. The van der Waals surface area contributed by atoms with Gasteiger partial charge in [-0.25, -0.2) is 4.79 Å². The summed E-state index contributed by atoms with van der Waals surface area (Å²) in [7, 11) is 0. The van der Waals surface area contributed by atoms with E-state index >= 15 is 0 Å². The number of ether oxygens (including phenoxy) is 1. The molecule has 1 amide bonds. The summed E-state index contributed by atoms with van der Waals surface area (Å²) in [5, 5.41) is 11.7. The van der Waals surface area contributed by atoms with Crippen LogP contribution in [0.3, 0.4) is 0 Å². The van der Waals surface area contributed by atoms with Gasteiger partial charge in [0.25, 0.3) is 0 Å². The molecule has 2 unspecified atom stereocenters. The Kier molecular flexibility index (Phi) is 4.47. The summed E-state index contributed by atoms with van der Waals surface area (Å²) in [5.41, 5.74) is 4.46. The normalized spacial score (nSPS) is 27.5. The highest BCUT2D eigenvalue weighted by molar-refractivity contribution is 5.90. The van der Waals surface area contributed by atoms with E-state index in [1.165, 1.54) is 0 Å². The molecule has 0 bridgehead atoms. The molecule has 0 spiro atoms. The molecule has 0 aromatic heterocycles. The van der Waals surface area contributed by atoms with Crippen LogP contribution in [0.2, 0.25) is 0 Å². The number of carboxylic acid groups (broad SMARTS) is 1. The highest BCUT2D eigenvalue weighted by Gasteiger charge is 2.44. The van der Waals surface area contributed by atoms with Crippen molar-refractivity contribution in [2.75, 3.05) is 13.2 Å². The molecule has 1 rings (SSSR count). The van der Waals surface area contributed by atoms with E-state index in [1.807, 2.05) is 13.8 Å². The minimum atomic E-state index is -1.30. The molecule has 6 nitrogen and oxygen atoms in total. The summed E-state index contributed by atoms with van der Waals surface area (Å²) in [6.07, 6.45) is 1.05. The molecule has 1 saturated heterocycles. The monoisotopic (exact) mass is 244 g/mol. The predicted molar refractivity (Wildman–Crippen MR) is 61.4 cm³/mol. The van der Waals surface area contributed by atoms with E-state index in [-0.39, 0.29) is 18.9 Å². The first-order valence-electron chi connectivity index (χ1n) is 5.81. The van der Waals surface area contributed by atoms with Gasteiger partial charge in [-0.3, -0.25) is 4.79 Å². The molecule has 1 aliphatic heterocycles. The van der Waals surface area contributed by atoms with Crippen molar-refractivity contribution < 1.29 is 19.4 Å². The number of hydrogen-bond acceptors (Lipinski definition) is 4. The van der Waals surface area contributed by atoms with Crippen LogP contribution in [0.5, 0.6) is 0 Å². The Morgan fingerprint density at radius 1 is 1.59 bits per heavy atom. The van der Waals surface area contributed by atoms with Crippen LogP contribution in [0.25, 0.3) is 0 Å². The SMILES string of the molecule is CCC(C)[C@H](N)C(=O)NC1(C(=O)O)CCOC1. The lowest BCUT2D eigenvalue weighted by atomic mass is 9.95. The maximum absolute atomic E-state index is 11.9. The van der Waals surface area contributed by atoms with Crippen molar-refractivity contribution in [3.8, 4) is 0 Å². The minimum absolute atomic E-state index is 0.00129. The van der Waals surface area contributed by atoms with E-state index in [4.69, 9.17) is 15.6 Å². The molecular formula is C11H20N2O4. The lowest BCUT2D eigenvalue weighted by Gasteiger charge is -2.27. The molecule has 3 atom stereocenters. The first-order chi connectivity index (χ1) is 7.93. The fourth-order valence-electron chi connectivity index (χ4n) is 1.72. The van der Waals surface area contributed by atoms with Crippen LogP contribution >= 0.6 is 0 Å². The summed E-state index contributed by atoms with van der Waals surface area (Å²) >= 11 is 0. The summed E-state index contributed by atoms with van der Waals surface area (Å²) in [5.74, 6) is -1.48. The average Bonchev–Trinajstić information content (AvgIpc) is 2.76. The number of aliphatic carboxylic acids is 1. The standard InChI is InChI=1S/C11H20N2O4/c1-3-7(2)8(12)9(14)13-11(10(15)16)4-5-17-6-11/h7-8H,3-6,12H2,1-2H3,(H,13,14)(H,15,16)/t7?,8-,11?/m0/s1. The highest BCUT2D eigenvalue weighted by Crippen LogP contribution is 2.19. The molecule has 17 heavy (non-hydrogen) atoms. The molecule has 0 radical (unpaired) electrons. The van der Waals surface area contributed by atoms with Crippen molar-refractivity contribution in [1.29, 1.82) is 0 Å². The van der Waals surface area contributed by atoms with E-state index in [9.17, 15) is 9.59 Å². The molecule has 1 heterocycles. The Morgan fingerprint density at radius 3 is 2.65 bits per heavy atom. The lowest BCUT2D eigenvalue weighted by molar-refractivity contribution is -0.148. The van der Waals surface area contributed by atoms with E-state index in [0.29, 0.717) is 6.61 Å². The Labute approximate surface area is 101 Å². The molecule has 6 heteroatoms. The Hall–Kier alpha value is -1.14. The van der Waals surface area contributed by atoms with Crippen molar-refractivity contribution in [2.45, 2.75) is 38.3 Å². The zero-order valence-electron chi connectivity index (χ0n) is 10.2. The van der Waals surface area contributed by atoms with Crippen LogP contribution in [-0.2, 0) is 14.3 Å². The van der Waals surface area contributed by atoms with Gasteiger partial charge in [-0.05, 0) is 5.92 Å². The van der Waals surface area contributed by atoms with Gasteiger partial charge in [0.15, 0.2) is 5.54 Å². The third kappa shape index (κ3) is 2.95. The smallest absolute Gasteiger partial charge is 0.331 e. The first-order valence-corrected chi connectivity index (χ1v) is 5.81. The number of carboxylic acids is 1. The second-order valence-corrected chi connectivity index (χ2v) is 4.59. The van der Waals surface area contributed by atoms with Gasteiger partial charge in [-0.15, -0.1) is 0 Å². The summed E-state index contributed by atoms with van der Waals surface area (Å²) in [6.45, 7) is 4.14. The maximum Gasteiger partial charge on any atom is 0.331 e. The van der Waals surface area contributed by atoms with Gasteiger partial charge < -0.3 is 20.9 Å². The Morgan fingerprint density at radius 2 is 2.24 bits per heavy atom. The number of hydrogen-bond donors (Lipinski definition) is 3. The number of rotatable bonds is 5. The Balaban J connectivity index is 2.68. The highest BCUT2D eigenvalue weighted by atomic mass is 16.5. The molecule has 98 valence electrons. The van der Waals surface area contributed by atoms with Gasteiger partial charge in [0.05, 0.1) is 12.6 Å². The Bertz CT molecular complexity index is 300. The molecule has 1 aliphatic rings. The molecule has 0 aromatic rings. The average molecular weight is 244 g/mol. The lowest BCUT2D eigenvalue weighted by Crippen LogP contribution is -2.59. The van der Waals surface area contributed by atoms with Gasteiger partial charge in [0, 0.05) is 13.0 Å². The first kappa shape index (κ1) is 13.9. The van der Waals surface area contributed by atoms with Crippen LogP contribution in [0.4, 0.5) is 0 Å². The number of amides is 1. The van der Waals surface area contributed by atoms with Gasteiger partial charge in [-0.2, -0.15) is 0 Å². The van der Waals surface area contributed by atoms with Crippen molar-refractivity contribution >= 4 is 11.9 Å². The van der Waals surface area contributed by atoms with E-state index in [2.05, 4.69) is 5.32 Å². The van der Waals surface area contributed by atoms with E-state index in [1.54, 1.807) is 0 Å². The van der Waals surface area contributed by atoms with Crippen molar-refractivity contribution in [2.24, 2.45) is 11.7 Å². The van der Waals surface area contributed by atoms with Crippen LogP contribution in [0, 0.1) is 5.92 Å². The quantitative estimate of drug-likeness (QED) is 0.617. The van der Waals surface area contributed by atoms with Gasteiger partial charge in [0.2, 0.25) is 5.91 Å². The zero-order valence-corrected chi connectivity index (χ0v) is 10.2. The number of carbonyl (C=O) groups is 2. The fourth-order valence-corrected chi connectivity index (χ4v) is 1.72. The van der Waals surface area contributed by atoms with Gasteiger partial charge >= 0.3 is 5.97 Å². The molecule has 4 N–H and O–H groups in total. The molecular weight excluding hydrogens is 224 g/mol. The van der Waals surface area contributed by atoms with E-state index < -0.39 is 23.5 Å². The number of nitrogens with two attached hydrogens (primary N) is 1. The topological polar surface area (TPSA) is 102 Å². The van der Waals surface area contributed by atoms with Crippen LogP contribution < -0.4 is 11.1 Å². The number of nitrogens with one attached hydrogen (secondary N) is 1. The van der Waals surface area contributed by atoms with Gasteiger partial charge in [0.1, 0.15) is 0 Å². The van der Waals surface area contributed by atoms with Crippen molar-refractivity contribution in [3.63, 3.8) is 0 Å². The van der Waals surface area contributed by atoms with Crippen molar-refractivity contribution in [1.82, 2.24) is 5.32 Å². The zero-order chi connectivity index (χ0) is 13.1. The molecule has 1 fully saturated rings. The second kappa shape index (κ2) is 5.46. The predicted octanol–water partition coefficient (Wildman–Crippen LogP) is -0.280. The maximum atomic E-state index is 11.9. The largest absolute Gasteiger partial charge is 0.479 e. The van der Waals surface area contributed by atoms with Crippen LogP contribution in [-0.4, -0.2) is 41.8 Å². The molecule has 0 aliphatic carbocycles. The van der Waals surface area contributed by atoms with E-state index in [0.717, 1.165) is 6.42 Å². The van der Waals surface area contributed by atoms with Crippen molar-refractivity contribution in [3.05, 3.63) is 0 Å². The minimum Gasteiger partial charge on any atom is -0.479 e. The molecule has 0 saturated carbocycles. The summed E-state index contributed by atoms with van der Waals surface area (Å²) < 4.78 is 5.05. The second-order valence-electron chi connectivity index (χ2n) is 4.59. The van der Waals surface area contributed by atoms with Crippen LogP contribution in [0.15, 0.2) is 0 Å². The van der Waals surface area contributed by atoms with Gasteiger partial charge in [-0.1, -0.05) is 20.3 Å². The molecule has 0 aromatic carbocycles. The number of carbonyl (C=O) groups excluding carboxylic acids is 1. The van der Waals surface area contributed by atoms with Crippen LogP contribution in [0.1, 0.15) is 26.7 Å². The third-order valence-corrected chi connectivity index (χ3v) is 3.35. The fraction of sp³-hybridized carbons (Fsp3) is 0.818.